The summed E-state index contributed by atoms with van der Waals surface area (Å²) >= 11 is 0. The lowest BCUT2D eigenvalue weighted by molar-refractivity contribution is -0.0507. The zero-order valence-electron chi connectivity index (χ0n) is 11.5. The highest BCUT2D eigenvalue weighted by atomic mass is 19.3. The van der Waals surface area contributed by atoms with Crippen LogP contribution in [0.4, 0.5) is 8.78 Å². The van der Waals surface area contributed by atoms with Crippen molar-refractivity contribution < 1.29 is 18.3 Å². The first-order valence-corrected chi connectivity index (χ1v) is 6.37. The Kier molecular flexibility index (Phi) is 6.73. The molecule has 0 aliphatic carbocycles. The average molecular weight is 273 g/mol. The fourth-order valence-corrected chi connectivity index (χ4v) is 1.97. The van der Waals surface area contributed by atoms with Crippen LogP contribution in [0.3, 0.4) is 0 Å². The van der Waals surface area contributed by atoms with Gasteiger partial charge in [-0.25, -0.2) is 0 Å². The SMILES string of the molecule is CCC(COC)NC(C)c1ccccc1OC(F)F. The summed E-state index contributed by atoms with van der Waals surface area (Å²) in [6.45, 7) is 1.74. The number of methoxy groups -OCH3 is 1. The van der Waals surface area contributed by atoms with E-state index in [2.05, 4.69) is 10.1 Å². The van der Waals surface area contributed by atoms with Gasteiger partial charge in [-0.15, -0.1) is 0 Å². The van der Waals surface area contributed by atoms with Crippen molar-refractivity contribution in [3.8, 4) is 5.75 Å². The van der Waals surface area contributed by atoms with E-state index >= 15 is 0 Å². The Morgan fingerprint density at radius 3 is 2.53 bits per heavy atom. The van der Waals surface area contributed by atoms with Crippen molar-refractivity contribution in [2.45, 2.75) is 39.0 Å². The predicted octanol–water partition coefficient (Wildman–Crippen LogP) is 3.36. The molecular formula is C14H21F2NO2. The molecule has 2 atom stereocenters. The zero-order valence-corrected chi connectivity index (χ0v) is 11.5. The fourth-order valence-electron chi connectivity index (χ4n) is 1.97. The standard InChI is InChI=1S/C14H21F2NO2/c1-4-11(9-18-3)17-10(2)12-7-5-6-8-13(12)19-14(15)16/h5-8,10-11,14,17H,4,9H2,1-3H3. The molecule has 0 aliphatic heterocycles. The maximum Gasteiger partial charge on any atom is 0.387 e. The van der Waals surface area contributed by atoms with Crippen molar-refractivity contribution in [2.24, 2.45) is 0 Å². The van der Waals surface area contributed by atoms with Crippen molar-refractivity contribution in [1.29, 1.82) is 0 Å². The summed E-state index contributed by atoms with van der Waals surface area (Å²) in [5.74, 6) is 0.213. The summed E-state index contributed by atoms with van der Waals surface area (Å²) < 4.78 is 34.4. The third kappa shape index (κ3) is 5.12. The Labute approximate surface area is 112 Å². The van der Waals surface area contributed by atoms with Gasteiger partial charge in [0.1, 0.15) is 5.75 Å². The van der Waals surface area contributed by atoms with E-state index in [1.54, 1.807) is 25.3 Å². The van der Waals surface area contributed by atoms with Gasteiger partial charge in [0.15, 0.2) is 0 Å². The molecule has 0 saturated carbocycles. The number of halogens is 2. The van der Waals surface area contributed by atoms with E-state index in [1.165, 1.54) is 0 Å². The minimum absolute atomic E-state index is 0.0879. The Morgan fingerprint density at radius 2 is 1.95 bits per heavy atom. The topological polar surface area (TPSA) is 30.5 Å². The third-order valence-electron chi connectivity index (χ3n) is 2.95. The number of rotatable bonds is 8. The highest BCUT2D eigenvalue weighted by molar-refractivity contribution is 5.35. The molecule has 0 heterocycles. The van der Waals surface area contributed by atoms with E-state index in [0.29, 0.717) is 6.61 Å². The van der Waals surface area contributed by atoms with Gasteiger partial charge in [-0.05, 0) is 19.4 Å². The monoisotopic (exact) mass is 273 g/mol. The van der Waals surface area contributed by atoms with Gasteiger partial charge in [0.25, 0.3) is 0 Å². The lowest BCUT2D eigenvalue weighted by Gasteiger charge is -2.23. The summed E-state index contributed by atoms with van der Waals surface area (Å²) in [4.78, 5) is 0. The van der Waals surface area contributed by atoms with E-state index in [0.717, 1.165) is 12.0 Å². The first-order chi connectivity index (χ1) is 9.08. The largest absolute Gasteiger partial charge is 0.434 e. The van der Waals surface area contributed by atoms with Gasteiger partial charge in [0.2, 0.25) is 0 Å². The molecule has 2 unspecified atom stereocenters. The summed E-state index contributed by atoms with van der Waals surface area (Å²) in [6, 6.07) is 6.92. The number of alkyl halides is 2. The van der Waals surface area contributed by atoms with Gasteiger partial charge in [-0.1, -0.05) is 25.1 Å². The molecule has 1 N–H and O–H groups in total. The molecule has 108 valence electrons. The smallest absolute Gasteiger partial charge is 0.387 e. The molecule has 1 aromatic rings. The second-order valence-electron chi connectivity index (χ2n) is 4.37. The molecule has 0 bridgehead atoms. The quantitative estimate of drug-likeness (QED) is 0.787. The molecule has 0 radical (unpaired) electrons. The minimum atomic E-state index is -2.81. The van der Waals surface area contributed by atoms with E-state index in [1.807, 2.05) is 19.9 Å². The van der Waals surface area contributed by atoms with Crippen LogP contribution in [0.1, 0.15) is 31.9 Å². The Hall–Kier alpha value is -1.20. The molecular weight excluding hydrogens is 252 g/mol. The lowest BCUT2D eigenvalue weighted by Crippen LogP contribution is -2.34. The van der Waals surface area contributed by atoms with E-state index < -0.39 is 6.61 Å². The van der Waals surface area contributed by atoms with Crippen LogP contribution >= 0.6 is 0 Å². The summed E-state index contributed by atoms with van der Waals surface area (Å²) in [5, 5.41) is 3.35. The van der Waals surface area contributed by atoms with E-state index in [-0.39, 0.29) is 17.8 Å². The number of hydrogen-bond donors (Lipinski definition) is 1. The minimum Gasteiger partial charge on any atom is -0.434 e. The van der Waals surface area contributed by atoms with Gasteiger partial charge in [0.05, 0.1) is 6.61 Å². The number of ether oxygens (including phenoxy) is 2. The first kappa shape index (κ1) is 15.9. The molecule has 1 rings (SSSR count). The Morgan fingerprint density at radius 1 is 1.26 bits per heavy atom. The Bertz CT molecular complexity index is 374. The summed E-state index contributed by atoms with van der Waals surface area (Å²) in [7, 11) is 1.64. The maximum atomic E-state index is 12.4. The molecule has 19 heavy (non-hydrogen) atoms. The van der Waals surface area contributed by atoms with Crippen LogP contribution in [0.5, 0.6) is 5.75 Å². The normalized spacial score (nSPS) is 14.4. The first-order valence-electron chi connectivity index (χ1n) is 6.37. The van der Waals surface area contributed by atoms with Crippen LogP contribution in [-0.4, -0.2) is 26.4 Å². The van der Waals surface area contributed by atoms with E-state index in [4.69, 9.17) is 4.74 Å². The van der Waals surface area contributed by atoms with Crippen molar-refractivity contribution >= 4 is 0 Å². The van der Waals surface area contributed by atoms with Gasteiger partial charge in [-0.3, -0.25) is 0 Å². The molecule has 0 aliphatic rings. The van der Waals surface area contributed by atoms with Gasteiger partial charge in [0, 0.05) is 24.8 Å². The lowest BCUT2D eigenvalue weighted by atomic mass is 10.1. The van der Waals surface area contributed by atoms with Crippen LogP contribution in [0.15, 0.2) is 24.3 Å². The van der Waals surface area contributed by atoms with E-state index in [9.17, 15) is 8.78 Å². The number of nitrogens with one attached hydrogen (secondary N) is 1. The van der Waals surface area contributed by atoms with Gasteiger partial charge >= 0.3 is 6.61 Å². The summed E-state index contributed by atoms with van der Waals surface area (Å²) in [5.41, 5.74) is 0.720. The van der Waals surface area contributed by atoms with Crippen LogP contribution in [-0.2, 0) is 4.74 Å². The highest BCUT2D eigenvalue weighted by Gasteiger charge is 2.17. The molecule has 0 saturated heterocycles. The Balaban J connectivity index is 2.77. The molecule has 0 aromatic heterocycles. The van der Waals surface area contributed by atoms with Gasteiger partial charge in [-0.2, -0.15) is 8.78 Å². The van der Waals surface area contributed by atoms with Gasteiger partial charge < -0.3 is 14.8 Å². The maximum absolute atomic E-state index is 12.4. The molecule has 0 spiro atoms. The molecule has 5 heteroatoms. The molecule has 0 fully saturated rings. The second-order valence-corrected chi connectivity index (χ2v) is 4.37. The predicted molar refractivity (Wildman–Crippen MR) is 70.6 cm³/mol. The molecule has 0 amide bonds. The van der Waals surface area contributed by atoms with Crippen LogP contribution < -0.4 is 10.1 Å². The highest BCUT2D eigenvalue weighted by Crippen LogP contribution is 2.26. The summed E-state index contributed by atoms with van der Waals surface area (Å²) in [6.07, 6.45) is 0.899. The second kappa shape index (κ2) is 8.07. The number of benzene rings is 1. The van der Waals surface area contributed by atoms with Crippen LogP contribution in [0, 0.1) is 0 Å². The van der Waals surface area contributed by atoms with Crippen molar-refractivity contribution in [3.05, 3.63) is 29.8 Å². The van der Waals surface area contributed by atoms with Crippen LogP contribution in [0.25, 0.3) is 0 Å². The third-order valence-corrected chi connectivity index (χ3v) is 2.95. The zero-order chi connectivity index (χ0) is 14.3. The number of hydrogen-bond acceptors (Lipinski definition) is 3. The van der Waals surface area contributed by atoms with Crippen molar-refractivity contribution in [3.63, 3.8) is 0 Å². The van der Waals surface area contributed by atoms with Crippen molar-refractivity contribution in [2.75, 3.05) is 13.7 Å². The van der Waals surface area contributed by atoms with Crippen molar-refractivity contribution in [1.82, 2.24) is 5.32 Å². The molecule has 1 aromatic carbocycles. The van der Waals surface area contributed by atoms with Crippen LogP contribution in [0.2, 0.25) is 0 Å². The molecule has 3 nitrogen and oxygen atoms in total. The average Bonchev–Trinajstić information content (AvgIpc) is 2.38. The fraction of sp³-hybridized carbons (Fsp3) is 0.571. The number of para-hydroxylation sites is 1.